The SMILES string of the molecule is I[I-]I.[Dy]. The number of rotatable bonds is 0. The van der Waals surface area contributed by atoms with Crippen LogP contribution >= 0.6 is 37.2 Å². The maximum Gasteiger partial charge on any atom is 0 e. The Kier molecular flexibility index (Phi) is 25.3. The van der Waals surface area contributed by atoms with Crippen LogP contribution in [-0.4, -0.2) is 0 Å². The predicted molar refractivity (Wildman–Crippen MR) is 28.0 cm³/mol. The molecule has 0 bridgehead atoms. The quantitative estimate of drug-likeness (QED) is 0.337. The minimum Gasteiger partial charge on any atom is 0 e. The molecule has 32 valence electrons. The molecule has 0 N–H and O–H groups in total. The summed E-state index contributed by atoms with van der Waals surface area (Å²) in [5.74, 6) is 0. The van der Waals surface area contributed by atoms with Crippen molar-refractivity contribution < 1.29 is 51.4 Å². The maximum absolute atomic E-state index is 2.39. The summed E-state index contributed by atoms with van der Waals surface area (Å²) in [5, 5.41) is 0. The van der Waals surface area contributed by atoms with Gasteiger partial charge in [-0.3, -0.25) is 0 Å². The van der Waals surface area contributed by atoms with E-state index < -0.39 is 0 Å². The van der Waals surface area contributed by atoms with Gasteiger partial charge in [-0.2, -0.15) is 0 Å². The van der Waals surface area contributed by atoms with Gasteiger partial charge in [0.05, 0.1) is 0 Å². The van der Waals surface area contributed by atoms with Gasteiger partial charge in [-0.25, -0.2) is 0 Å². The first-order chi connectivity index (χ1) is 1.41. The summed E-state index contributed by atoms with van der Waals surface area (Å²) in [6, 6.07) is 0. The molecule has 0 unspecified atom stereocenters. The second-order valence-corrected chi connectivity index (χ2v) is 16.3. The third kappa shape index (κ3) is 9.07. The Morgan fingerprint density at radius 3 is 1.25 bits per heavy atom. The van der Waals surface area contributed by atoms with Gasteiger partial charge in [-0.1, -0.05) is 0 Å². The smallest absolute Gasteiger partial charge is 0 e. The summed E-state index contributed by atoms with van der Waals surface area (Å²) in [5.41, 5.74) is 0. The Morgan fingerprint density at radius 2 is 1.25 bits per heavy atom. The van der Waals surface area contributed by atoms with Crippen molar-refractivity contribution in [1.29, 1.82) is 0 Å². The molecule has 0 amide bonds. The Labute approximate surface area is 85.9 Å². The van der Waals surface area contributed by atoms with Crippen molar-refractivity contribution in [2.45, 2.75) is 0 Å². The van der Waals surface area contributed by atoms with Gasteiger partial charge in [0.25, 0.3) is 0 Å². The van der Waals surface area contributed by atoms with Crippen LogP contribution in [0.5, 0.6) is 0 Å². The fourth-order valence-electron chi connectivity index (χ4n) is 0. The van der Waals surface area contributed by atoms with E-state index in [1.807, 2.05) is 0 Å². The Hall–Kier alpha value is 3.46. The van der Waals surface area contributed by atoms with Crippen molar-refractivity contribution in [2.75, 3.05) is 0 Å². The third-order valence-corrected chi connectivity index (χ3v) is 0. The average Bonchev–Trinajstić information content (AvgIpc) is 0.918. The van der Waals surface area contributed by atoms with E-state index in [1.54, 1.807) is 0 Å². The summed E-state index contributed by atoms with van der Waals surface area (Å²) in [6.45, 7) is 0. The van der Waals surface area contributed by atoms with Crippen LogP contribution < -0.4 is 13.3 Å². The third-order valence-electron chi connectivity index (χ3n) is 0. The fourth-order valence-corrected chi connectivity index (χ4v) is 0. The van der Waals surface area contributed by atoms with Crippen LogP contribution in [0, 0.1) is 38.2 Å². The van der Waals surface area contributed by atoms with E-state index in [0.717, 1.165) is 0 Å². The zero-order valence-electron chi connectivity index (χ0n) is 1.45. The molecule has 0 aliphatic carbocycles. The van der Waals surface area contributed by atoms with Gasteiger partial charge in [-0.15, -0.1) is 0 Å². The monoisotopic (exact) mass is 545 g/mol. The Morgan fingerprint density at radius 1 is 1.25 bits per heavy atom. The summed E-state index contributed by atoms with van der Waals surface area (Å²) in [7, 11) is 0. The summed E-state index contributed by atoms with van der Waals surface area (Å²) >= 11 is 5.30. The number of halogens is 3. The first kappa shape index (κ1) is 10.4. The van der Waals surface area contributed by atoms with E-state index in [0.29, 0.717) is 13.3 Å². The number of hydrogen-bond acceptors (Lipinski definition) is 0. The van der Waals surface area contributed by atoms with Gasteiger partial charge in [0.2, 0.25) is 0 Å². The molecule has 0 saturated heterocycles. The van der Waals surface area contributed by atoms with Crippen molar-refractivity contribution in [2.24, 2.45) is 0 Å². The minimum absolute atomic E-state index is 0. The fraction of sp³-hybridized carbons (Fsp3) is 0. The van der Waals surface area contributed by atoms with Gasteiger partial charge in [-0.05, 0) is 0 Å². The van der Waals surface area contributed by atoms with Crippen molar-refractivity contribution in [3.05, 3.63) is 0 Å². The van der Waals surface area contributed by atoms with Crippen molar-refractivity contribution in [3.8, 4) is 0 Å². The molecule has 0 heterocycles. The van der Waals surface area contributed by atoms with E-state index in [-0.39, 0.29) is 38.2 Å². The van der Waals surface area contributed by atoms with Gasteiger partial charge in [0.15, 0.2) is 0 Å². The molecular weight excluding hydrogens is 543 g/mol. The molecule has 0 aromatic carbocycles. The van der Waals surface area contributed by atoms with Crippen molar-refractivity contribution in [3.63, 3.8) is 0 Å². The predicted octanol–water partition coefficient (Wildman–Crippen LogP) is -1.22. The molecule has 0 spiro atoms. The minimum atomic E-state index is 0. The largest absolute Gasteiger partial charge is 0 e. The van der Waals surface area contributed by atoms with Gasteiger partial charge in [0, 0.05) is 38.2 Å². The van der Waals surface area contributed by atoms with Gasteiger partial charge >= 0.3 is 50.5 Å². The topological polar surface area (TPSA) is 0 Å². The zero-order chi connectivity index (χ0) is 2.71. The van der Waals surface area contributed by atoms with E-state index in [4.69, 9.17) is 0 Å². The summed E-state index contributed by atoms with van der Waals surface area (Å²) < 4.78 is 0. The molecule has 0 aromatic heterocycles. The molecule has 0 fully saturated rings. The molecule has 0 atom stereocenters. The molecule has 0 saturated carbocycles. The molecule has 0 aliphatic rings. The molecular formula is DyI3-. The molecule has 4 heavy (non-hydrogen) atoms. The standard InChI is InChI=1S/Dy.I3/c;1-3-2/q;-1. The van der Waals surface area contributed by atoms with Crippen LogP contribution in [0.1, 0.15) is 0 Å². The van der Waals surface area contributed by atoms with Crippen LogP contribution in [0.15, 0.2) is 0 Å². The molecule has 0 aromatic rings. The van der Waals surface area contributed by atoms with Crippen LogP contribution in [0.25, 0.3) is 0 Å². The van der Waals surface area contributed by atoms with Crippen LogP contribution in [0.4, 0.5) is 0 Å². The van der Waals surface area contributed by atoms with Crippen LogP contribution in [0.2, 0.25) is 0 Å². The number of hydrogen-bond donors (Lipinski definition) is 0. The summed E-state index contributed by atoms with van der Waals surface area (Å²) in [6.07, 6.45) is 0. The zero-order valence-corrected chi connectivity index (χ0v) is 9.95. The van der Waals surface area contributed by atoms with E-state index in [2.05, 4.69) is 37.2 Å². The molecule has 0 rings (SSSR count). The normalized spacial score (nSPS) is 5.50. The maximum atomic E-state index is 2.39. The molecule has 0 nitrogen and oxygen atoms in total. The first-order valence-corrected chi connectivity index (χ1v) is 12.9. The van der Waals surface area contributed by atoms with E-state index in [1.165, 1.54) is 0 Å². The van der Waals surface area contributed by atoms with Crippen molar-refractivity contribution >= 4 is 37.2 Å². The molecule has 0 radical (unpaired) electrons. The van der Waals surface area contributed by atoms with Gasteiger partial charge in [0.1, 0.15) is 0 Å². The van der Waals surface area contributed by atoms with Crippen molar-refractivity contribution in [1.82, 2.24) is 0 Å². The second-order valence-electron chi connectivity index (χ2n) is 0.0540. The van der Waals surface area contributed by atoms with E-state index in [9.17, 15) is 0 Å². The second kappa shape index (κ2) is 9.68. The molecule has 4 heteroatoms. The van der Waals surface area contributed by atoms with Crippen LogP contribution in [0.3, 0.4) is 0 Å². The van der Waals surface area contributed by atoms with Gasteiger partial charge < -0.3 is 0 Å². The van der Waals surface area contributed by atoms with E-state index >= 15 is 0 Å². The summed E-state index contributed by atoms with van der Waals surface area (Å²) in [4.78, 5) is 0. The molecule has 0 aliphatic heterocycles. The Bertz CT molecular complexity index is 3.25. The first-order valence-electron chi connectivity index (χ1n) is 0.286. The van der Waals surface area contributed by atoms with Crippen LogP contribution in [-0.2, 0) is 0 Å². The average molecular weight is 543 g/mol. The Balaban J connectivity index is 0.